The highest BCUT2D eigenvalue weighted by Gasteiger charge is 2.49. The highest BCUT2D eigenvalue weighted by atomic mass is 35.5. The van der Waals surface area contributed by atoms with Gasteiger partial charge >= 0.3 is 5.97 Å². The van der Waals surface area contributed by atoms with E-state index in [2.05, 4.69) is 5.32 Å². The molecule has 2 saturated carbocycles. The molecule has 2 aliphatic carbocycles. The topological polar surface area (TPSA) is 97.6 Å². The summed E-state index contributed by atoms with van der Waals surface area (Å²) in [4.78, 5) is 37.1. The van der Waals surface area contributed by atoms with Crippen LogP contribution in [-0.4, -0.2) is 40.3 Å². The molecule has 1 amide bonds. The van der Waals surface area contributed by atoms with Crippen LogP contribution in [0, 0.1) is 11.8 Å². The normalized spacial score (nSPS) is 25.5. The minimum absolute atomic E-state index is 0.0718. The van der Waals surface area contributed by atoms with Crippen molar-refractivity contribution in [2.45, 2.75) is 51.2 Å². The van der Waals surface area contributed by atoms with E-state index in [9.17, 15) is 19.5 Å². The molecule has 8 heteroatoms. The fourth-order valence-corrected chi connectivity index (χ4v) is 5.41. The van der Waals surface area contributed by atoms with Crippen molar-refractivity contribution in [1.82, 2.24) is 9.88 Å². The minimum Gasteiger partial charge on any atom is -0.464 e. The zero-order chi connectivity index (χ0) is 22.3. The molecule has 4 rings (SSSR count). The first-order chi connectivity index (χ1) is 14.7. The zero-order valence-electron chi connectivity index (χ0n) is 17.7. The van der Waals surface area contributed by atoms with E-state index in [4.69, 9.17) is 16.3 Å². The van der Waals surface area contributed by atoms with Crippen LogP contribution in [0.5, 0.6) is 0 Å². The van der Waals surface area contributed by atoms with Gasteiger partial charge in [0.1, 0.15) is 6.61 Å². The van der Waals surface area contributed by atoms with Crippen LogP contribution in [0.15, 0.2) is 29.2 Å². The molecule has 0 aliphatic heterocycles. The Morgan fingerprint density at radius 1 is 1.32 bits per heavy atom. The van der Waals surface area contributed by atoms with E-state index in [1.807, 2.05) is 0 Å². The number of fused-ring (bicyclic) bond motifs is 3. The Bertz CT molecular complexity index is 1100. The highest BCUT2D eigenvalue weighted by Crippen LogP contribution is 2.50. The van der Waals surface area contributed by atoms with Gasteiger partial charge in [-0.1, -0.05) is 11.6 Å². The van der Waals surface area contributed by atoms with Gasteiger partial charge in [0.05, 0.1) is 22.2 Å². The molecule has 0 spiro atoms. The quantitative estimate of drug-likeness (QED) is 0.664. The fraction of sp³-hybridized carbons (Fsp3) is 0.522. The first-order valence-corrected chi connectivity index (χ1v) is 11.0. The molecule has 31 heavy (non-hydrogen) atoms. The monoisotopic (exact) mass is 446 g/mol. The van der Waals surface area contributed by atoms with E-state index in [0.717, 1.165) is 19.3 Å². The number of hydrogen-bond acceptors (Lipinski definition) is 5. The van der Waals surface area contributed by atoms with E-state index in [1.165, 1.54) is 17.6 Å². The van der Waals surface area contributed by atoms with E-state index >= 15 is 0 Å². The van der Waals surface area contributed by atoms with Crippen LogP contribution in [-0.2, 0) is 9.53 Å². The summed E-state index contributed by atoms with van der Waals surface area (Å²) in [7, 11) is 0. The van der Waals surface area contributed by atoms with Gasteiger partial charge < -0.3 is 19.7 Å². The van der Waals surface area contributed by atoms with Gasteiger partial charge in [-0.15, -0.1) is 0 Å². The summed E-state index contributed by atoms with van der Waals surface area (Å²) >= 11 is 6.34. The number of halogens is 1. The molecule has 4 atom stereocenters. The van der Waals surface area contributed by atoms with Crippen LogP contribution in [0.2, 0.25) is 5.02 Å². The number of hydrogen-bond donors (Lipinski definition) is 2. The first-order valence-electron chi connectivity index (χ1n) is 10.7. The Labute approximate surface area is 185 Å². The van der Waals surface area contributed by atoms with Gasteiger partial charge in [0.15, 0.2) is 0 Å². The smallest absolute Gasteiger partial charge is 0.302 e. The Balaban J connectivity index is 1.59. The summed E-state index contributed by atoms with van der Waals surface area (Å²) < 4.78 is 6.48. The van der Waals surface area contributed by atoms with Crippen molar-refractivity contribution in [2.24, 2.45) is 11.8 Å². The molecule has 2 fully saturated rings. The minimum atomic E-state index is -0.867. The van der Waals surface area contributed by atoms with Gasteiger partial charge in [-0.3, -0.25) is 14.4 Å². The number of benzene rings is 1. The third-order valence-corrected chi connectivity index (χ3v) is 7.10. The van der Waals surface area contributed by atoms with E-state index in [0.29, 0.717) is 23.1 Å². The lowest BCUT2D eigenvalue weighted by molar-refractivity contribution is -0.141. The van der Waals surface area contributed by atoms with Gasteiger partial charge in [0.2, 0.25) is 0 Å². The summed E-state index contributed by atoms with van der Waals surface area (Å²) in [5, 5.41) is 14.9. The lowest BCUT2D eigenvalue weighted by Gasteiger charge is -2.32. The second-order valence-corrected chi connectivity index (χ2v) is 9.34. The van der Waals surface area contributed by atoms with Crippen LogP contribution in [0.4, 0.5) is 0 Å². The van der Waals surface area contributed by atoms with Gasteiger partial charge in [-0.25, -0.2) is 0 Å². The summed E-state index contributed by atoms with van der Waals surface area (Å²) in [6, 6.07) is 4.44. The Morgan fingerprint density at radius 2 is 2.10 bits per heavy atom. The average molecular weight is 447 g/mol. The van der Waals surface area contributed by atoms with Crippen molar-refractivity contribution in [2.75, 3.05) is 13.2 Å². The Morgan fingerprint density at radius 3 is 2.74 bits per heavy atom. The molecule has 166 valence electrons. The first kappa shape index (κ1) is 21.8. The number of esters is 1. The number of pyridine rings is 1. The number of rotatable bonds is 6. The van der Waals surface area contributed by atoms with Gasteiger partial charge in [0.25, 0.3) is 11.5 Å². The number of carbonyl (C=O) groups is 2. The van der Waals surface area contributed by atoms with Gasteiger partial charge in [-0.05, 0) is 62.6 Å². The van der Waals surface area contributed by atoms with Gasteiger partial charge in [0, 0.05) is 30.4 Å². The standard InChI is InChI=1S/C23H27ClN2O5/c1-13(11-31-14(2)27)26-8-7-17-18(22(26)29)5-6-19(24)20(17)21(28)25-12-23(30)10-15-3-4-16(23)9-15/h5-8,13,15-16,30H,3-4,9-12H2,1-2H3,(H,25,28). The van der Waals surface area contributed by atoms with Gasteiger partial charge in [-0.2, -0.15) is 0 Å². The van der Waals surface area contributed by atoms with Crippen LogP contribution in [0.3, 0.4) is 0 Å². The maximum absolute atomic E-state index is 13.0. The van der Waals surface area contributed by atoms with Crippen molar-refractivity contribution in [3.05, 3.63) is 45.3 Å². The average Bonchev–Trinajstić information content (AvgIpc) is 3.31. The van der Waals surface area contributed by atoms with Crippen LogP contribution >= 0.6 is 11.6 Å². The summed E-state index contributed by atoms with van der Waals surface area (Å²) in [5.41, 5.74) is -0.938. The molecule has 1 aromatic carbocycles. The molecule has 2 N–H and O–H groups in total. The predicted molar refractivity (Wildman–Crippen MR) is 117 cm³/mol. The van der Waals surface area contributed by atoms with E-state index in [-0.39, 0.29) is 41.3 Å². The predicted octanol–water partition coefficient (Wildman–Crippen LogP) is 3.06. The maximum Gasteiger partial charge on any atom is 0.302 e. The third-order valence-electron chi connectivity index (χ3n) is 6.79. The number of amides is 1. The second-order valence-electron chi connectivity index (χ2n) is 8.93. The number of nitrogens with zero attached hydrogens (tertiary/aromatic N) is 1. The molecule has 0 saturated heterocycles. The zero-order valence-corrected chi connectivity index (χ0v) is 18.4. The number of carbonyl (C=O) groups excluding carboxylic acids is 2. The third kappa shape index (κ3) is 4.08. The second kappa shape index (κ2) is 8.28. The summed E-state index contributed by atoms with van der Waals surface area (Å²) in [6.45, 7) is 3.34. The molecule has 1 aromatic heterocycles. The Hall–Kier alpha value is -2.38. The van der Waals surface area contributed by atoms with E-state index < -0.39 is 17.5 Å². The molecule has 2 aliphatic rings. The fourth-order valence-electron chi connectivity index (χ4n) is 5.16. The number of aliphatic hydroxyl groups is 1. The van der Waals surface area contributed by atoms with Crippen molar-refractivity contribution in [3.63, 3.8) is 0 Å². The molecular formula is C23H27ClN2O5. The molecular weight excluding hydrogens is 420 g/mol. The summed E-state index contributed by atoms with van der Waals surface area (Å²) in [5.74, 6) is -0.0485. The lowest BCUT2D eigenvalue weighted by Crippen LogP contribution is -2.46. The van der Waals surface area contributed by atoms with Crippen molar-refractivity contribution in [1.29, 1.82) is 0 Å². The molecule has 4 unspecified atom stereocenters. The van der Waals surface area contributed by atoms with Crippen molar-refractivity contribution >= 4 is 34.2 Å². The van der Waals surface area contributed by atoms with Crippen LogP contribution in [0.25, 0.3) is 10.8 Å². The number of aromatic nitrogens is 1. The number of ether oxygens (including phenoxy) is 1. The van der Waals surface area contributed by atoms with E-state index in [1.54, 1.807) is 25.3 Å². The molecule has 2 bridgehead atoms. The lowest BCUT2D eigenvalue weighted by atomic mass is 9.84. The molecule has 7 nitrogen and oxygen atoms in total. The summed E-state index contributed by atoms with van der Waals surface area (Å²) in [6.07, 6.45) is 5.46. The van der Waals surface area contributed by atoms with Crippen LogP contribution in [0.1, 0.15) is 55.9 Å². The maximum atomic E-state index is 13.0. The highest BCUT2D eigenvalue weighted by molar-refractivity contribution is 6.35. The molecule has 0 radical (unpaired) electrons. The van der Waals surface area contributed by atoms with Crippen molar-refractivity contribution in [3.8, 4) is 0 Å². The SMILES string of the molecule is CC(=O)OCC(C)n1ccc2c(C(=O)NCC3(O)CC4CCC3C4)c(Cl)ccc2c1=O. The van der Waals surface area contributed by atoms with Crippen LogP contribution < -0.4 is 10.9 Å². The molecule has 1 heterocycles. The largest absolute Gasteiger partial charge is 0.464 e. The Kier molecular flexibility index (Phi) is 5.83. The van der Waals surface area contributed by atoms with Crippen molar-refractivity contribution < 1.29 is 19.4 Å². The number of nitrogens with one attached hydrogen (secondary N) is 1. The molecule has 2 aromatic rings.